The van der Waals surface area contributed by atoms with Crippen molar-refractivity contribution >= 4 is 23.2 Å². The Morgan fingerprint density at radius 1 is 1.29 bits per heavy atom. The van der Waals surface area contributed by atoms with Gasteiger partial charge in [0.2, 0.25) is 0 Å². The van der Waals surface area contributed by atoms with Gasteiger partial charge in [-0.2, -0.15) is 0 Å². The zero-order chi connectivity index (χ0) is 12.5. The van der Waals surface area contributed by atoms with Gasteiger partial charge in [-0.15, -0.1) is 0 Å². The SMILES string of the molecule is CN1CCC(N)(Cc2ccc(Cl)cc2Cl)CC1. The van der Waals surface area contributed by atoms with Crippen molar-refractivity contribution in [2.45, 2.75) is 24.8 Å². The molecule has 1 heterocycles. The number of likely N-dealkylation sites (tertiary alicyclic amines) is 1. The van der Waals surface area contributed by atoms with Crippen LogP contribution in [0.15, 0.2) is 18.2 Å². The summed E-state index contributed by atoms with van der Waals surface area (Å²) in [6.45, 7) is 2.11. The minimum Gasteiger partial charge on any atom is -0.325 e. The molecule has 1 saturated heterocycles. The quantitative estimate of drug-likeness (QED) is 0.897. The zero-order valence-electron chi connectivity index (χ0n) is 10.0. The molecule has 17 heavy (non-hydrogen) atoms. The highest BCUT2D eigenvalue weighted by Gasteiger charge is 2.30. The van der Waals surface area contributed by atoms with Crippen LogP contribution in [0.1, 0.15) is 18.4 Å². The second-order valence-corrected chi connectivity index (χ2v) is 5.92. The van der Waals surface area contributed by atoms with Gasteiger partial charge >= 0.3 is 0 Å². The van der Waals surface area contributed by atoms with Crippen molar-refractivity contribution in [1.29, 1.82) is 0 Å². The maximum absolute atomic E-state index is 6.44. The van der Waals surface area contributed by atoms with E-state index in [1.54, 1.807) is 6.07 Å². The average Bonchev–Trinajstić information content (AvgIpc) is 2.27. The van der Waals surface area contributed by atoms with E-state index < -0.39 is 0 Å². The number of hydrogen-bond donors (Lipinski definition) is 1. The molecule has 0 saturated carbocycles. The molecule has 0 aromatic heterocycles. The van der Waals surface area contributed by atoms with Crippen LogP contribution in [-0.4, -0.2) is 30.6 Å². The lowest BCUT2D eigenvalue weighted by Gasteiger charge is -2.38. The first kappa shape index (κ1) is 13.2. The van der Waals surface area contributed by atoms with Crippen LogP contribution in [0.25, 0.3) is 0 Å². The molecule has 4 heteroatoms. The summed E-state index contributed by atoms with van der Waals surface area (Å²) in [5.74, 6) is 0. The predicted molar refractivity (Wildman–Crippen MR) is 73.8 cm³/mol. The van der Waals surface area contributed by atoms with E-state index in [9.17, 15) is 0 Å². The van der Waals surface area contributed by atoms with Gasteiger partial charge in [-0.1, -0.05) is 29.3 Å². The molecule has 2 rings (SSSR count). The molecular weight excluding hydrogens is 255 g/mol. The van der Waals surface area contributed by atoms with Crippen LogP contribution in [0, 0.1) is 0 Å². The number of benzene rings is 1. The lowest BCUT2D eigenvalue weighted by atomic mass is 9.83. The minimum atomic E-state index is -0.121. The molecule has 0 radical (unpaired) electrons. The topological polar surface area (TPSA) is 29.3 Å². The fraction of sp³-hybridized carbons (Fsp3) is 0.538. The van der Waals surface area contributed by atoms with Crippen molar-refractivity contribution in [3.63, 3.8) is 0 Å². The molecule has 0 spiro atoms. The Morgan fingerprint density at radius 3 is 2.53 bits per heavy atom. The summed E-state index contributed by atoms with van der Waals surface area (Å²) in [5.41, 5.74) is 7.42. The van der Waals surface area contributed by atoms with Crippen molar-refractivity contribution in [3.05, 3.63) is 33.8 Å². The van der Waals surface area contributed by atoms with Gasteiger partial charge in [-0.25, -0.2) is 0 Å². The third-order valence-electron chi connectivity index (χ3n) is 3.54. The minimum absolute atomic E-state index is 0.121. The second-order valence-electron chi connectivity index (χ2n) is 5.08. The molecule has 0 unspecified atom stereocenters. The van der Waals surface area contributed by atoms with Crippen LogP contribution in [0.2, 0.25) is 10.0 Å². The lowest BCUT2D eigenvalue weighted by Crippen LogP contribution is -2.50. The van der Waals surface area contributed by atoms with Gasteiger partial charge in [-0.05, 0) is 57.1 Å². The normalized spacial score (nSPS) is 20.5. The number of halogens is 2. The molecule has 1 fully saturated rings. The first-order valence-electron chi connectivity index (χ1n) is 5.90. The monoisotopic (exact) mass is 272 g/mol. The summed E-state index contributed by atoms with van der Waals surface area (Å²) in [5, 5.41) is 1.40. The highest BCUT2D eigenvalue weighted by molar-refractivity contribution is 6.35. The number of nitrogens with two attached hydrogens (primary N) is 1. The van der Waals surface area contributed by atoms with Crippen LogP contribution >= 0.6 is 23.2 Å². The first-order valence-corrected chi connectivity index (χ1v) is 6.65. The summed E-state index contributed by atoms with van der Waals surface area (Å²) < 4.78 is 0. The van der Waals surface area contributed by atoms with Crippen molar-refractivity contribution in [2.75, 3.05) is 20.1 Å². The van der Waals surface area contributed by atoms with E-state index in [1.807, 2.05) is 12.1 Å². The van der Waals surface area contributed by atoms with Crippen LogP contribution < -0.4 is 5.73 Å². The number of rotatable bonds is 2. The summed E-state index contributed by atoms with van der Waals surface area (Å²) in [7, 11) is 2.13. The smallest absolute Gasteiger partial charge is 0.0453 e. The van der Waals surface area contributed by atoms with E-state index >= 15 is 0 Å². The molecule has 1 aliphatic rings. The number of nitrogens with zero attached hydrogens (tertiary/aromatic N) is 1. The molecule has 0 bridgehead atoms. The molecule has 1 aliphatic heterocycles. The van der Waals surface area contributed by atoms with Gasteiger partial charge in [0.1, 0.15) is 0 Å². The Balaban J connectivity index is 2.09. The largest absolute Gasteiger partial charge is 0.325 e. The molecule has 0 amide bonds. The van der Waals surface area contributed by atoms with Crippen molar-refractivity contribution in [2.24, 2.45) is 5.73 Å². The van der Waals surface area contributed by atoms with E-state index in [-0.39, 0.29) is 5.54 Å². The van der Waals surface area contributed by atoms with E-state index in [1.165, 1.54) is 0 Å². The second kappa shape index (κ2) is 5.15. The Bertz CT molecular complexity index is 398. The fourth-order valence-electron chi connectivity index (χ4n) is 2.28. The summed E-state index contributed by atoms with van der Waals surface area (Å²) in [4.78, 5) is 2.31. The van der Waals surface area contributed by atoms with Crippen molar-refractivity contribution < 1.29 is 0 Å². The van der Waals surface area contributed by atoms with Gasteiger partial charge in [-0.3, -0.25) is 0 Å². The van der Waals surface area contributed by atoms with Gasteiger partial charge in [0.05, 0.1) is 0 Å². The molecule has 1 aromatic carbocycles. The zero-order valence-corrected chi connectivity index (χ0v) is 11.6. The van der Waals surface area contributed by atoms with E-state index in [0.717, 1.165) is 42.9 Å². The molecular formula is C13H18Cl2N2. The van der Waals surface area contributed by atoms with Crippen molar-refractivity contribution in [3.8, 4) is 0 Å². The summed E-state index contributed by atoms with van der Waals surface area (Å²) >= 11 is 12.1. The Kier molecular flexibility index (Phi) is 3.99. The number of hydrogen-bond acceptors (Lipinski definition) is 2. The van der Waals surface area contributed by atoms with Crippen LogP contribution in [0.5, 0.6) is 0 Å². The maximum atomic E-state index is 6.44. The highest BCUT2D eigenvalue weighted by Crippen LogP contribution is 2.28. The Hall–Kier alpha value is -0.280. The summed E-state index contributed by atoms with van der Waals surface area (Å²) in [6.07, 6.45) is 2.86. The lowest BCUT2D eigenvalue weighted by molar-refractivity contribution is 0.190. The van der Waals surface area contributed by atoms with Crippen LogP contribution in [-0.2, 0) is 6.42 Å². The van der Waals surface area contributed by atoms with Crippen LogP contribution in [0.4, 0.5) is 0 Å². The van der Waals surface area contributed by atoms with Gasteiger partial charge in [0.15, 0.2) is 0 Å². The average molecular weight is 273 g/mol. The standard InChI is InChI=1S/C13H18Cl2N2/c1-17-6-4-13(16,5-7-17)9-10-2-3-11(14)8-12(10)15/h2-3,8H,4-7,9,16H2,1H3. The molecule has 0 aliphatic carbocycles. The van der Waals surface area contributed by atoms with Gasteiger partial charge in [0, 0.05) is 15.6 Å². The fourth-order valence-corrected chi connectivity index (χ4v) is 2.76. The predicted octanol–water partition coefficient (Wildman–Crippen LogP) is 2.96. The maximum Gasteiger partial charge on any atom is 0.0453 e. The van der Waals surface area contributed by atoms with E-state index in [0.29, 0.717) is 5.02 Å². The first-order chi connectivity index (χ1) is 7.98. The van der Waals surface area contributed by atoms with Crippen LogP contribution in [0.3, 0.4) is 0 Å². The number of piperidine rings is 1. The molecule has 2 N–H and O–H groups in total. The molecule has 2 nitrogen and oxygen atoms in total. The Morgan fingerprint density at radius 2 is 1.94 bits per heavy atom. The Labute approximate surface area is 113 Å². The van der Waals surface area contributed by atoms with E-state index in [4.69, 9.17) is 28.9 Å². The third kappa shape index (κ3) is 3.35. The third-order valence-corrected chi connectivity index (χ3v) is 4.13. The van der Waals surface area contributed by atoms with Gasteiger partial charge < -0.3 is 10.6 Å². The molecule has 1 aromatic rings. The van der Waals surface area contributed by atoms with Gasteiger partial charge in [0.25, 0.3) is 0 Å². The molecule has 0 atom stereocenters. The molecule has 94 valence electrons. The van der Waals surface area contributed by atoms with E-state index in [2.05, 4.69) is 11.9 Å². The highest BCUT2D eigenvalue weighted by atomic mass is 35.5. The van der Waals surface area contributed by atoms with Crippen molar-refractivity contribution in [1.82, 2.24) is 4.90 Å². The summed E-state index contributed by atoms with van der Waals surface area (Å²) in [6, 6.07) is 5.65.